The fourth-order valence-electron chi connectivity index (χ4n) is 12.1. The van der Waals surface area contributed by atoms with Gasteiger partial charge >= 0.3 is 0 Å². The van der Waals surface area contributed by atoms with Crippen LogP contribution in [0.1, 0.15) is 123 Å². The number of likely N-dealkylation sites (tertiary alicyclic amines) is 1. The largest absolute Gasteiger partial charge is 0.399 e. The number of anilines is 2. The van der Waals surface area contributed by atoms with Crippen LogP contribution in [0, 0.1) is 25.7 Å². The van der Waals surface area contributed by atoms with Crippen molar-refractivity contribution >= 4 is 56.8 Å². The number of nitrogens with two attached hydrogens (primary N) is 1. The van der Waals surface area contributed by atoms with Crippen molar-refractivity contribution in [1.82, 2.24) is 48.9 Å². The molecule has 2 bridgehead atoms. The van der Waals surface area contributed by atoms with Gasteiger partial charge in [-0.15, -0.1) is 0 Å². The third-order valence-corrected chi connectivity index (χ3v) is 15.5. The smallest absolute Gasteiger partial charge is 0.208 e. The minimum Gasteiger partial charge on any atom is -0.399 e. The average Bonchev–Trinajstić information content (AvgIpc) is 4.16. The molecule has 2 saturated carbocycles. The van der Waals surface area contributed by atoms with E-state index in [-0.39, 0.29) is 0 Å². The van der Waals surface area contributed by atoms with E-state index < -0.39 is 0 Å². The second-order valence-electron chi connectivity index (χ2n) is 20.5. The third kappa shape index (κ3) is 9.54. The number of nitrogens with one attached hydrogen (secondary N) is 3. The van der Waals surface area contributed by atoms with Gasteiger partial charge in [0.15, 0.2) is 0 Å². The summed E-state index contributed by atoms with van der Waals surface area (Å²) >= 11 is 0. The number of aryl methyl sites for hydroxylation is 6. The molecule has 5 N–H and O–H groups in total. The van der Waals surface area contributed by atoms with Gasteiger partial charge in [0.25, 0.3) is 0 Å². The van der Waals surface area contributed by atoms with Crippen LogP contribution in [0.3, 0.4) is 0 Å². The van der Waals surface area contributed by atoms with E-state index in [1.807, 2.05) is 23.2 Å². The van der Waals surface area contributed by atoms with Crippen LogP contribution >= 0.6 is 0 Å². The molecule has 4 aromatic heterocycles. The van der Waals surface area contributed by atoms with Gasteiger partial charge in [-0.3, -0.25) is 14.3 Å². The highest BCUT2D eigenvalue weighted by atomic mass is 15.3. The molecule has 6 aromatic rings. The van der Waals surface area contributed by atoms with E-state index in [4.69, 9.17) is 25.9 Å². The summed E-state index contributed by atoms with van der Waals surface area (Å²) < 4.78 is 8.66. The van der Waals surface area contributed by atoms with Crippen LogP contribution in [-0.2, 0) is 39.0 Å². The molecule has 69 heavy (non-hydrogen) atoms. The van der Waals surface area contributed by atoms with Crippen LogP contribution in [0.2, 0.25) is 0 Å². The summed E-state index contributed by atoms with van der Waals surface area (Å²) in [7, 11) is 0. The van der Waals surface area contributed by atoms with Crippen LogP contribution in [0.15, 0.2) is 74.9 Å². The fraction of sp³-hybridized carbons (Fsp3) is 0.464. The summed E-state index contributed by atoms with van der Waals surface area (Å²) in [5.41, 5.74) is 22.0. The lowest BCUT2D eigenvalue weighted by atomic mass is 9.91. The molecule has 2 aromatic carbocycles. The molecule has 1 saturated heterocycles. The van der Waals surface area contributed by atoms with Crippen molar-refractivity contribution in [1.29, 1.82) is 0 Å². The first kappa shape index (κ1) is 46.4. The van der Waals surface area contributed by atoms with Crippen molar-refractivity contribution < 1.29 is 0 Å². The zero-order valence-corrected chi connectivity index (χ0v) is 41.6. The van der Waals surface area contributed by atoms with Crippen molar-refractivity contribution in [2.24, 2.45) is 17.6 Å². The van der Waals surface area contributed by atoms with Crippen molar-refractivity contribution in [3.63, 3.8) is 0 Å². The molecule has 3 unspecified atom stereocenters. The second-order valence-corrected chi connectivity index (χ2v) is 20.5. The predicted octanol–water partition coefficient (Wildman–Crippen LogP) is 10.7. The third-order valence-electron chi connectivity index (χ3n) is 15.5. The number of allylic oxidation sites excluding steroid dienone is 2. The quantitative estimate of drug-likeness (QED) is 0.0835. The highest BCUT2D eigenvalue weighted by molar-refractivity contribution is 5.89. The topological polar surface area (TPSA) is 137 Å². The number of nitrogens with zero attached hydrogens (tertiary/aromatic N) is 9. The Labute approximate surface area is 408 Å². The van der Waals surface area contributed by atoms with E-state index in [2.05, 4.69) is 119 Å². The fourth-order valence-corrected chi connectivity index (χ4v) is 12.1. The lowest BCUT2D eigenvalue weighted by molar-refractivity contribution is 0.106. The maximum Gasteiger partial charge on any atom is 0.208 e. The van der Waals surface area contributed by atoms with Crippen molar-refractivity contribution in [3.05, 3.63) is 120 Å². The minimum atomic E-state index is 0.372. The van der Waals surface area contributed by atoms with E-state index in [9.17, 15) is 0 Å². The molecule has 0 amide bonds. The van der Waals surface area contributed by atoms with E-state index in [1.165, 1.54) is 75.6 Å². The Bertz CT molecular complexity index is 2950. The number of hydrogen-bond donors (Lipinski definition) is 4. The summed E-state index contributed by atoms with van der Waals surface area (Å²) in [5, 5.41) is 20.7. The maximum atomic E-state index is 6.51. The van der Waals surface area contributed by atoms with Crippen LogP contribution < -0.4 is 21.7 Å². The Balaban J connectivity index is 1.10. The van der Waals surface area contributed by atoms with Crippen LogP contribution in [0.25, 0.3) is 44.9 Å². The molecule has 3 fully saturated rings. The molecule has 0 spiro atoms. The summed E-state index contributed by atoms with van der Waals surface area (Å²) in [6.45, 7) is 31.2. The first-order valence-corrected chi connectivity index (χ1v) is 25.8. The van der Waals surface area contributed by atoms with Gasteiger partial charge in [0.05, 0.1) is 56.2 Å². The van der Waals surface area contributed by atoms with E-state index in [0.29, 0.717) is 30.9 Å². The zero-order valence-electron chi connectivity index (χ0n) is 41.6. The normalized spacial score (nSPS) is 20.7. The number of rotatable bonds is 13. The van der Waals surface area contributed by atoms with Gasteiger partial charge in [0.1, 0.15) is 0 Å². The van der Waals surface area contributed by atoms with Gasteiger partial charge < -0.3 is 30.8 Å². The molecule has 362 valence electrons. The zero-order chi connectivity index (χ0) is 47.9. The molecule has 4 aliphatic rings. The monoisotopic (exact) mass is 928 g/mol. The summed E-state index contributed by atoms with van der Waals surface area (Å²) in [5.74, 6) is 3.03. The predicted molar refractivity (Wildman–Crippen MR) is 284 cm³/mol. The summed E-state index contributed by atoms with van der Waals surface area (Å²) in [6.07, 6.45) is 18.6. The van der Waals surface area contributed by atoms with Gasteiger partial charge in [0.2, 0.25) is 11.9 Å². The van der Waals surface area contributed by atoms with Crippen molar-refractivity contribution in [2.45, 2.75) is 143 Å². The first-order valence-electron chi connectivity index (χ1n) is 25.8. The van der Waals surface area contributed by atoms with Crippen LogP contribution in [-0.4, -0.2) is 68.7 Å². The summed E-state index contributed by atoms with van der Waals surface area (Å²) in [4.78, 5) is 13.6. The number of imidazole rings is 2. The number of fused-ring (bicyclic) bond motifs is 2. The standard InChI is InChI=1S/C56H73N13/c1-9-68-51(26-35(3)63-68)39(7)59-55-61-49-31-45(37(5)57)29-43-20-22-48(65-33-41-18-19-42(28-41)34-65)23-21-44-30-46(38(6)58-47-16-12-11-13-17-47)32-50-54(44)67(25-15-14-24-66(55)53(43)49)56(62-50)60-40(8)52-27-36(4)64-69(52)10-2/h14-15,26-27,29-32,41-42,47-48,58H,5-13,16-25,28,33-34,57H2,1-4H3,(H,59,61)(H,60,62)/b15-14+. The Kier molecular flexibility index (Phi) is 13.2. The maximum absolute atomic E-state index is 6.51. The first-order chi connectivity index (χ1) is 33.4. The average molecular weight is 928 g/mol. The Morgan fingerprint density at radius 2 is 1.14 bits per heavy atom. The van der Waals surface area contributed by atoms with Crippen molar-refractivity contribution in [2.75, 3.05) is 23.7 Å². The SMILES string of the molecule is C=C(N)c1cc2c3c(c1)nc(NC(=C)c1cc(C)nn1CC)n3C/C=C/Cn1c(NC(=C)c3cc(C)nn3CC)nc3cc(C(=C)NC4CCCCC4)cc(c31)CCC(N1CC3CCC(C3)C1)CC2. The minimum absolute atomic E-state index is 0.372. The van der Waals surface area contributed by atoms with Gasteiger partial charge in [-0.25, -0.2) is 9.97 Å². The Hall–Kier alpha value is -6.34. The Morgan fingerprint density at radius 1 is 0.638 bits per heavy atom. The molecule has 2 aliphatic carbocycles. The van der Waals surface area contributed by atoms with Gasteiger partial charge in [0, 0.05) is 62.7 Å². The molecule has 6 heterocycles. The molecule has 10 rings (SSSR count). The van der Waals surface area contributed by atoms with Crippen LogP contribution in [0.4, 0.5) is 11.9 Å². The molecule has 13 nitrogen and oxygen atoms in total. The Morgan fingerprint density at radius 3 is 1.65 bits per heavy atom. The second kappa shape index (κ2) is 19.6. The van der Waals surface area contributed by atoms with Crippen molar-refractivity contribution in [3.8, 4) is 0 Å². The van der Waals surface area contributed by atoms with E-state index in [1.54, 1.807) is 0 Å². The van der Waals surface area contributed by atoms with Gasteiger partial charge in [-0.1, -0.05) is 57.7 Å². The number of piperidine rings is 1. The highest BCUT2D eigenvalue weighted by Gasteiger charge is 2.36. The van der Waals surface area contributed by atoms with Crippen LogP contribution in [0.5, 0.6) is 0 Å². The number of aromatic nitrogens is 8. The molecule has 3 atom stereocenters. The van der Waals surface area contributed by atoms with Gasteiger partial charge in [-0.05, 0) is 156 Å². The number of hydrogen-bond acceptors (Lipinski definition) is 9. The molecular weight excluding hydrogens is 855 g/mol. The molecule has 2 aliphatic heterocycles. The van der Waals surface area contributed by atoms with E-state index in [0.717, 1.165) is 136 Å². The highest BCUT2D eigenvalue weighted by Crippen LogP contribution is 2.39. The van der Waals surface area contributed by atoms with E-state index >= 15 is 0 Å². The molecule has 13 heteroatoms. The van der Waals surface area contributed by atoms with Gasteiger partial charge in [-0.2, -0.15) is 10.2 Å². The molecule has 0 radical (unpaired) electrons. The lowest BCUT2D eigenvalue weighted by Gasteiger charge is -2.38. The number of benzene rings is 2. The molecular formula is C56H73N13. The summed E-state index contributed by atoms with van der Waals surface area (Å²) in [6, 6.07) is 14.0. The lowest BCUT2D eigenvalue weighted by Crippen LogP contribution is -2.44.